The molecule has 0 aromatic heterocycles. The van der Waals surface area contributed by atoms with Crippen molar-refractivity contribution in [2.75, 3.05) is 0 Å². The third-order valence-corrected chi connectivity index (χ3v) is 1.98. The maximum atomic E-state index is 3.27. The summed E-state index contributed by atoms with van der Waals surface area (Å²) < 4.78 is 0. The number of allylic oxidation sites excluding steroid dienone is 3. The van der Waals surface area contributed by atoms with E-state index >= 15 is 0 Å². The largest absolute Gasteiger partial charge is 0.428 e. The van der Waals surface area contributed by atoms with Crippen LogP contribution < -0.4 is 5.23 Å². The highest BCUT2D eigenvalue weighted by Gasteiger charge is 2.04. The molecule has 1 aliphatic rings. The first-order valence-corrected chi connectivity index (χ1v) is 5.05. The van der Waals surface area contributed by atoms with Crippen LogP contribution in [0.4, 0.5) is 0 Å². The van der Waals surface area contributed by atoms with Gasteiger partial charge in [-0.05, 0) is 18.4 Å². The van der Waals surface area contributed by atoms with Gasteiger partial charge in [0.05, 0.1) is 0 Å². The van der Waals surface area contributed by atoms with Crippen LogP contribution in [0.25, 0.3) is 0 Å². The van der Waals surface area contributed by atoms with E-state index in [1.807, 2.05) is 13.4 Å². The maximum Gasteiger partial charge on any atom is 0.274 e. The molecule has 1 radical (unpaired) electrons. The number of hydrogen-bond donors (Lipinski definition) is 1. The molecule has 0 bridgehead atoms. The Labute approximate surface area is 81.9 Å². The molecule has 0 fully saturated rings. The van der Waals surface area contributed by atoms with Crippen molar-refractivity contribution in [3.63, 3.8) is 0 Å². The fraction of sp³-hybridized carbons (Fsp3) is 0.455. The second-order valence-corrected chi connectivity index (χ2v) is 3.14. The first kappa shape index (κ1) is 10.2. The molecule has 0 aromatic rings. The van der Waals surface area contributed by atoms with Crippen LogP contribution in [-0.4, -0.2) is 7.41 Å². The van der Waals surface area contributed by atoms with E-state index in [-0.39, 0.29) is 0 Å². The summed E-state index contributed by atoms with van der Waals surface area (Å²) in [5.41, 5.74) is 2.57. The van der Waals surface area contributed by atoms with Crippen LogP contribution in [-0.2, 0) is 0 Å². The van der Waals surface area contributed by atoms with Crippen molar-refractivity contribution in [3.05, 3.63) is 35.5 Å². The Morgan fingerprint density at radius 2 is 2.23 bits per heavy atom. The molecule has 0 atom stereocenters. The summed E-state index contributed by atoms with van der Waals surface area (Å²) in [5, 5.41) is 3.27. The second kappa shape index (κ2) is 5.68. The summed E-state index contributed by atoms with van der Waals surface area (Å²) in [5.74, 6) is 2.05. The number of unbranched alkanes of at least 4 members (excludes halogenated alkanes) is 1. The van der Waals surface area contributed by atoms with Gasteiger partial charge in [0.2, 0.25) is 0 Å². The maximum absolute atomic E-state index is 3.27. The normalized spacial score (nSPS) is 21.7. The molecule has 2 heteroatoms. The zero-order valence-corrected chi connectivity index (χ0v) is 8.51. The Morgan fingerprint density at radius 1 is 1.38 bits per heavy atom. The van der Waals surface area contributed by atoms with E-state index in [0.29, 0.717) is 0 Å². The lowest BCUT2D eigenvalue weighted by Crippen LogP contribution is -2.21. The van der Waals surface area contributed by atoms with Crippen molar-refractivity contribution in [3.8, 4) is 0 Å². The molecular weight excluding hydrogens is 157 g/mol. The fourth-order valence-electron chi connectivity index (χ4n) is 1.33. The molecule has 13 heavy (non-hydrogen) atoms. The van der Waals surface area contributed by atoms with Crippen molar-refractivity contribution in [2.24, 2.45) is 0 Å². The Kier molecular flexibility index (Phi) is 4.44. The zero-order valence-electron chi connectivity index (χ0n) is 8.51. The Morgan fingerprint density at radius 3 is 2.92 bits per heavy atom. The molecule has 0 saturated carbocycles. The van der Waals surface area contributed by atoms with E-state index in [0.717, 1.165) is 12.8 Å². The minimum absolute atomic E-state index is 1.09. The summed E-state index contributed by atoms with van der Waals surface area (Å²) in [6.07, 6.45) is 10.1. The first-order chi connectivity index (χ1) is 6.38. The highest BCUT2D eigenvalue weighted by molar-refractivity contribution is 6.40. The van der Waals surface area contributed by atoms with Crippen LogP contribution in [0, 0.1) is 0 Å². The van der Waals surface area contributed by atoms with E-state index in [4.69, 9.17) is 0 Å². The Balaban J connectivity index is 2.71. The Hall–Kier alpha value is -0.915. The molecule has 0 aromatic carbocycles. The molecule has 0 spiro atoms. The van der Waals surface area contributed by atoms with Gasteiger partial charge in [-0.15, -0.1) is 0 Å². The summed E-state index contributed by atoms with van der Waals surface area (Å²) in [4.78, 5) is 0. The molecule has 0 amide bonds. The molecule has 0 unspecified atom stereocenters. The highest BCUT2D eigenvalue weighted by Crippen LogP contribution is 2.13. The molecule has 0 aliphatic carbocycles. The van der Waals surface area contributed by atoms with Crippen LogP contribution in [0.15, 0.2) is 35.5 Å². The Bertz CT molecular complexity index is 238. The lowest BCUT2D eigenvalue weighted by atomic mass is 9.86. The number of rotatable bonds is 3. The minimum atomic E-state index is 1.09. The second-order valence-electron chi connectivity index (χ2n) is 3.14. The van der Waals surface area contributed by atoms with Crippen molar-refractivity contribution in [1.29, 1.82) is 0 Å². The topological polar surface area (TPSA) is 12.0 Å². The van der Waals surface area contributed by atoms with Gasteiger partial charge in [-0.2, -0.15) is 0 Å². The highest BCUT2D eigenvalue weighted by atomic mass is 14.8. The smallest absolute Gasteiger partial charge is 0.274 e. The van der Waals surface area contributed by atoms with Gasteiger partial charge >= 0.3 is 0 Å². The van der Waals surface area contributed by atoms with Crippen molar-refractivity contribution in [2.45, 2.75) is 33.1 Å². The van der Waals surface area contributed by atoms with Gasteiger partial charge in [-0.25, -0.2) is 0 Å². The monoisotopic (exact) mass is 174 g/mol. The molecule has 1 heterocycles. The van der Waals surface area contributed by atoms with Crippen LogP contribution in [0.1, 0.15) is 33.1 Å². The fourth-order valence-corrected chi connectivity index (χ4v) is 1.33. The molecule has 69 valence electrons. The summed E-state index contributed by atoms with van der Waals surface area (Å²) >= 11 is 0. The lowest BCUT2D eigenvalue weighted by Gasteiger charge is -2.14. The molecular formula is C11H17BN. The van der Waals surface area contributed by atoms with Crippen molar-refractivity contribution in [1.82, 2.24) is 5.23 Å². The lowest BCUT2D eigenvalue weighted by molar-refractivity contribution is 0.940. The summed E-state index contributed by atoms with van der Waals surface area (Å²) in [6, 6.07) is 0. The van der Waals surface area contributed by atoms with E-state index in [1.54, 1.807) is 0 Å². The van der Waals surface area contributed by atoms with Crippen molar-refractivity contribution < 1.29 is 0 Å². The third-order valence-electron chi connectivity index (χ3n) is 1.98. The van der Waals surface area contributed by atoms with Crippen LogP contribution in [0.2, 0.25) is 0 Å². The first-order valence-electron chi connectivity index (χ1n) is 5.05. The predicted octanol–water partition coefficient (Wildman–Crippen LogP) is 2.74. The van der Waals surface area contributed by atoms with Gasteiger partial charge < -0.3 is 5.23 Å². The van der Waals surface area contributed by atoms with E-state index in [9.17, 15) is 0 Å². The predicted molar refractivity (Wildman–Crippen MR) is 59.4 cm³/mol. The quantitative estimate of drug-likeness (QED) is 0.648. The molecule has 1 aliphatic heterocycles. The van der Waals surface area contributed by atoms with Gasteiger partial charge in [0.25, 0.3) is 7.41 Å². The SMILES string of the molecule is CC/C=C1\C=C[B]N\C1=C\CCC. The molecule has 1 N–H and O–H groups in total. The number of nitrogens with one attached hydrogen (secondary N) is 1. The summed E-state index contributed by atoms with van der Waals surface area (Å²) in [6.45, 7) is 4.36. The molecule has 0 saturated heterocycles. The van der Waals surface area contributed by atoms with Crippen LogP contribution in [0.3, 0.4) is 0 Å². The van der Waals surface area contributed by atoms with Gasteiger partial charge in [-0.3, -0.25) is 0 Å². The number of hydrogen-bond acceptors (Lipinski definition) is 1. The van der Waals surface area contributed by atoms with Crippen LogP contribution in [0.5, 0.6) is 0 Å². The summed E-state index contributed by atoms with van der Waals surface area (Å²) in [7, 11) is 1.98. The van der Waals surface area contributed by atoms with E-state index in [2.05, 4.69) is 37.3 Å². The molecule has 1 nitrogen and oxygen atoms in total. The van der Waals surface area contributed by atoms with Gasteiger partial charge in [0.1, 0.15) is 0 Å². The van der Waals surface area contributed by atoms with E-state index < -0.39 is 0 Å². The average molecular weight is 174 g/mol. The molecule has 1 rings (SSSR count). The van der Waals surface area contributed by atoms with Gasteiger partial charge in [0, 0.05) is 5.70 Å². The minimum Gasteiger partial charge on any atom is -0.428 e. The zero-order chi connectivity index (χ0) is 9.52. The van der Waals surface area contributed by atoms with Crippen LogP contribution >= 0.6 is 0 Å². The van der Waals surface area contributed by atoms with Gasteiger partial charge in [0.15, 0.2) is 0 Å². The standard InChI is InChI=1S/C11H17BN/c1-3-5-7-11-10(6-4-2)8-9-12-13-11/h6-9,13H,3-5H2,1-2H3/b10-6+,11-7+. The van der Waals surface area contributed by atoms with Gasteiger partial charge in [-0.1, -0.05) is 44.5 Å². The van der Waals surface area contributed by atoms with E-state index in [1.165, 1.54) is 17.7 Å². The van der Waals surface area contributed by atoms with Crippen molar-refractivity contribution >= 4 is 7.41 Å². The average Bonchev–Trinajstić information content (AvgIpc) is 2.17. The third kappa shape index (κ3) is 3.13.